The van der Waals surface area contributed by atoms with E-state index in [9.17, 15) is 0 Å². The lowest BCUT2D eigenvalue weighted by Crippen LogP contribution is -2.22. The van der Waals surface area contributed by atoms with E-state index in [0.29, 0.717) is 39.3 Å². The average Bonchev–Trinajstić information content (AvgIpc) is 2.43. The number of benzene rings is 1. The van der Waals surface area contributed by atoms with Gasteiger partial charge in [-0.25, -0.2) is 4.98 Å². The summed E-state index contributed by atoms with van der Waals surface area (Å²) in [6.45, 7) is 4.73. The van der Waals surface area contributed by atoms with E-state index in [1.54, 1.807) is 12.3 Å². The molecule has 2 rings (SSSR count). The lowest BCUT2D eigenvalue weighted by Gasteiger charge is -2.10. The first kappa shape index (κ1) is 16.3. The Labute approximate surface area is 138 Å². The molecule has 1 aromatic heterocycles. The van der Waals surface area contributed by atoms with Crippen molar-refractivity contribution < 1.29 is 4.74 Å². The number of rotatable bonds is 5. The van der Waals surface area contributed by atoms with Gasteiger partial charge in [-0.2, -0.15) is 0 Å². The number of nitrogens with zero attached hydrogens (tertiary/aromatic N) is 2. The van der Waals surface area contributed by atoms with Crippen LogP contribution >= 0.6 is 34.8 Å². The first-order valence-electron chi connectivity index (χ1n) is 6.32. The Morgan fingerprint density at radius 1 is 1.10 bits per heavy atom. The molecule has 1 aromatic carbocycles. The highest BCUT2D eigenvalue weighted by molar-refractivity contribution is 6.43. The molecule has 2 aromatic rings. The van der Waals surface area contributed by atoms with Gasteiger partial charge in [0, 0.05) is 24.8 Å². The predicted octanol–water partition coefficient (Wildman–Crippen LogP) is 4.73. The van der Waals surface area contributed by atoms with Crippen LogP contribution in [0.5, 0.6) is 11.6 Å². The molecule has 0 aliphatic rings. The van der Waals surface area contributed by atoms with Crippen molar-refractivity contribution in [2.45, 2.75) is 26.4 Å². The molecule has 0 atom stereocenters. The minimum Gasteiger partial charge on any atom is -0.436 e. The first-order valence-corrected chi connectivity index (χ1v) is 7.46. The number of hydrogen-bond acceptors (Lipinski definition) is 4. The molecule has 112 valence electrons. The Bertz CT molecular complexity index is 635. The fourth-order valence-electron chi connectivity index (χ4n) is 1.52. The monoisotopic (exact) mass is 345 g/mol. The van der Waals surface area contributed by atoms with E-state index >= 15 is 0 Å². The molecular weight excluding hydrogens is 333 g/mol. The quantitative estimate of drug-likeness (QED) is 0.795. The molecule has 0 unspecified atom stereocenters. The summed E-state index contributed by atoms with van der Waals surface area (Å²) in [5.41, 5.74) is 0.775. The zero-order chi connectivity index (χ0) is 15.4. The molecule has 0 saturated heterocycles. The van der Waals surface area contributed by atoms with Crippen LogP contribution in [0.1, 0.15) is 19.5 Å². The highest BCUT2D eigenvalue weighted by Gasteiger charge is 2.09. The fourth-order valence-corrected chi connectivity index (χ4v) is 2.10. The van der Waals surface area contributed by atoms with E-state index in [4.69, 9.17) is 39.5 Å². The predicted molar refractivity (Wildman–Crippen MR) is 85.6 cm³/mol. The van der Waals surface area contributed by atoms with Crippen LogP contribution < -0.4 is 10.1 Å². The number of ether oxygens (including phenoxy) is 1. The Morgan fingerprint density at radius 2 is 1.81 bits per heavy atom. The number of halogens is 3. The summed E-state index contributed by atoms with van der Waals surface area (Å²) in [4.78, 5) is 8.45. The molecule has 4 nitrogen and oxygen atoms in total. The second-order valence-corrected chi connectivity index (χ2v) is 5.90. The van der Waals surface area contributed by atoms with Gasteiger partial charge in [0.05, 0.1) is 27.0 Å². The van der Waals surface area contributed by atoms with Gasteiger partial charge in [0.25, 0.3) is 0 Å². The van der Waals surface area contributed by atoms with Crippen LogP contribution in [0.3, 0.4) is 0 Å². The Kier molecular flexibility index (Phi) is 5.65. The Balaban J connectivity index is 2.16. The minimum absolute atomic E-state index is 0.346. The van der Waals surface area contributed by atoms with Crippen molar-refractivity contribution in [3.63, 3.8) is 0 Å². The van der Waals surface area contributed by atoms with Crippen molar-refractivity contribution in [3.8, 4) is 11.6 Å². The van der Waals surface area contributed by atoms with Crippen molar-refractivity contribution in [1.82, 2.24) is 15.3 Å². The summed E-state index contributed by atoms with van der Waals surface area (Å²) in [7, 11) is 0. The SMILES string of the molecule is CC(C)NCc1cncc(Oc2cc(Cl)c(Cl)cc2Cl)n1. The summed E-state index contributed by atoms with van der Waals surface area (Å²) in [6, 6.07) is 3.44. The van der Waals surface area contributed by atoms with E-state index in [1.807, 2.05) is 0 Å². The molecule has 0 amide bonds. The zero-order valence-electron chi connectivity index (χ0n) is 11.5. The molecule has 0 bridgehead atoms. The number of nitrogens with one attached hydrogen (secondary N) is 1. The van der Waals surface area contributed by atoms with Gasteiger partial charge in [0.1, 0.15) is 5.75 Å². The third-order valence-electron chi connectivity index (χ3n) is 2.54. The fraction of sp³-hybridized carbons (Fsp3) is 0.286. The highest BCUT2D eigenvalue weighted by atomic mass is 35.5. The smallest absolute Gasteiger partial charge is 0.238 e. The summed E-state index contributed by atoms with van der Waals surface area (Å²) in [6.07, 6.45) is 3.19. The van der Waals surface area contributed by atoms with Gasteiger partial charge in [0.2, 0.25) is 5.88 Å². The number of hydrogen-bond donors (Lipinski definition) is 1. The van der Waals surface area contributed by atoms with Gasteiger partial charge in [-0.15, -0.1) is 0 Å². The molecular formula is C14H14Cl3N3O. The van der Waals surface area contributed by atoms with Crippen LogP contribution in [-0.2, 0) is 6.54 Å². The van der Waals surface area contributed by atoms with Crippen LogP contribution in [0.15, 0.2) is 24.5 Å². The Hall–Kier alpha value is -1.07. The lowest BCUT2D eigenvalue weighted by molar-refractivity contribution is 0.455. The maximum absolute atomic E-state index is 6.07. The van der Waals surface area contributed by atoms with Gasteiger partial charge in [0.15, 0.2) is 0 Å². The van der Waals surface area contributed by atoms with Gasteiger partial charge in [-0.3, -0.25) is 4.98 Å². The Morgan fingerprint density at radius 3 is 2.52 bits per heavy atom. The van der Waals surface area contributed by atoms with Gasteiger partial charge in [-0.1, -0.05) is 48.7 Å². The standard InChI is InChI=1S/C14H14Cl3N3O/c1-8(2)19-6-9-5-18-7-14(20-9)21-13-4-11(16)10(15)3-12(13)17/h3-5,7-8,19H,6H2,1-2H3. The molecule has 21 heavy (non-hydrogen) atoms. The van der Waals surface area contributed by atoms with E-state index in [0.717, 1.165) is 5.69 Å². The third-order valence-corrected chi connectivity index (χ3v) is 3.56. The molecule has 0 aliphatic carbocycles. The van der Waals surface area contributed by atoms with Crippen molar-refractivity contribution in [1.29, 1.82) is 0 Å². The molecule has 0 spiro atoms. The van der Waals surface area contributed by atoms with Gasteiger partial charge >= 0.3 is 0 Å². The van der Waals surface area contributed by atoms with E-state index in [1.165, 1.54) is 12.3 Å². The lowest BCUT2D eigenvalue weighted by atomic mass is 10.3. The van der Waals surface area contributed by atoms with Crippen LogP contribution in [0, 0.1) is 0 Å². The van der Waals surface area contributed by atoms with Crippen molar-refractivity contribution in [2.75, 3.05) is 0 Å². The molecule has 0 aliphatic heterocycles. The number of aromatic nitrogens is 2. The maximum atomic E-state index is 6.07. The van der Waals surface area contributed by atoms with Crippen molar-refractivity contribution in [3.05, 3.63) is 45.3 Å². The van der Waals surface area contributed by atoms with E-state index in [-0.39, 0.29) is 0 Å². The van der Waals surface area contributed by atoms with Crippen LogP contribution in [-0.4, -0.2) is 16.0 Å². The molecule has 7 heteroatoms. The summed E-state index contributed by atoms with van der Waals surface area (Å²) < 4.78 is 5.62. The van der Waals surface area contributed by atoms with E-state index < -0.39 is 0 Å². The molecule has 0 radical (unpaired) electrons. The topological polar surface area (TPSA) is 47.0 Å². The van der Waals surface area contributed by atoms with Crippen molar-refractivity contribution in [2.24, 2.45) is 0 Å². The third kappa shape index (κ3) is 4.71. The average molecular weight is 347 g/mol. The second-order valence-electron chi connectivity index (χ2n) is 4.68. The van der Waals surface area contributed by atoms with Gasteiger partial charge < -0.3 is 10.1 Å². The minimum atomic E-state index is 0.346. The maximum Gasteiger partial charge on any atom is 0.238 e. The molecule has 0 saturated carbocycles. The summed E-state index contributed by atoms with van der Waals surface area (Å²) in [5, 5.41) is 4.35. The molecule has 0 fully saturated rings. The van der Waals surface area contributed by atoms with Crippen LogP contribution in [0.25, 0.3) is 0 Å². The molecule has 1 heterocycles. The first-order chi connectivity index (χ1) is 9.95. The van der Waals surface area contributed by atoms with Crippen molar-refractivity contribution >= 4 is 34.8 Å². The highest BCUT2D eigenvalue weighted by Crippen LogP contribution is 2.35. The summed E-state index contributed by atoms with van der Waals surface area (Å²) >= 11 is 17.9. The summed E-state index contributed by atoms with van der Waals surface area (Å²) in [5.74, 6) is 0.729. The second kappa shape index (κ2) is 7.27. The van der Waals surface area contributed by atoms with E-state index in [2.05, 4.69) is 29.1 Å². The van der Waals surface area contributed by atoms with Crippen LogP contribution in [0.2, 0.25) is 15.1 Å². The van der Waals surface area contributed by atoms with Crippen LogP contribution in [0.4, 0.5) is 0 Å². The molecule has 1 N–H and O–H groups in total. The van der Waals surface area contributed by atoms with Gasteiger partial charge in [-0.05, 0) is 6.07 Å². The zero-order valence-corrected chi connectivity index (χ0v) is 13.8. The normalized spacial score (nSPS) is 11.0. The largest absolute Gasteiger partial charge is 0.436 e.